The number of aliphatic hydroxyl groups is 3. The largest absolute Gasteiger partial charge is 0.512 e. The van der Waals surface area contributed by atoms with E-state index in [1.54, 1.807) is 0 Å². The van der Waals surface area contributed by atoms with Gasteiger partial charge < -0.3 is 15.3 Å². The average Bonchev–Trinajstić information content (AvgIpc) is 2.66. The number of carbonyl (C=O) groups is 3. The molecule has 37 heavy (non-hydrogen) atoms. The zero-order chi connectivity index (χ0) is 29.2. The zero-order valence-corrected chi connectivity index (χ0v) is 28.3. The van der Waals surface area contributed by atoms with Crippen molar-refractivity contribution in [1.82, 2.24) is 0 Å². The fourth-order valence-corrected chi connectivity index (χ4v) is 2.42. The van der Waals surface area contributed by atoms with E-state index in [4.69, 9.17) is 0 Å². The van der Waals surface area contributed by atoms with Gasteiger partial charge in [0.2, 0.25) is 0 Å². The zero-order valence-electron chi connectivity index (χ0n) is 25.5. The Bertz CT molecular complexity index is 641. The Labute approximate surface area is 252 Å². The molecule has 0 aliphatic rings. The Balaban J connectivity index is -0.000000218. The van der Waals surface area contributed by atoms with Crippen molar-refractivity contribution in [2.24, 2.45) is 35.5 Å². The molecule has 0 aromatic heterocycles. The molecule has 0 amide bonds. The summed E-state index contributed by atoms with van der Waals surface area (Å²) in [4.78, 5) is 33.3. The molecule has 213 valence electrons. The van der Waals surface area contributed by atoms with Gasteiger partial charge in [-0.3, -0.25) is 14.4 Å². The summed E-state index contributed by atoms with van der Waals surface area (Å²) in [7, 11) is 0. The summed E-state index contributed by atoms with van der Waals surface area (Å²) in [6.45, 7) is 22.9. The molecule has 0 heterocycles. The first-order valence-electron chi connectivity index (χ1n) is 13.1. The molecule has 0 atom stereocenters. The number of aliphatic hydroxyl groups excluding tert-OH is 3. The van der Waals surface area contributed by atoms with Gasteiger partial charge in [-0.1, -0.05) is 83.1 Å². The predicted octanol–water partition coefficient (Wildman–Crippen LogP) is 8.10. The molecule has 0 aromatic carbocycles. The molecule has 6 nitrogen and oxygen atoms in total. The van der Waals surface area contributed by atoms with Crippen LogP contribution in [0, 0.1) is 35.5 Å². The van der Waals surface area contributed by atoms with Crippen molar-refractivity contribution in [3.05, 3.63) is 35.5 Å². The second-order valence-corrected chi connectivity index (χ2v) is 11.4. The molecule has 0 rings (SSSR count). The van der Waals surface area contributed by atoms with Crippen molar-refractivity contribution < 1.29 is 62.4 Å². The molecular weight excluding hydrogens is 545 g/mol. The summed E-state index contributed by atoms with van der Waals surface area (Å²) in [5.74, 6) is 1.66. The van der Waals surface area contributed by atoms with Crippen LogP contribution in [0.15, 0.2) is 35.5 Å². The number of carbonyl (C=O) groups excluding carboxylic acids is 3. The van der Waals surface area contributed by atoms with Crippen LogP contribution in [0.25, 0.3) is 0 Å². The van der Waals surface area contributed by atoms with E-state index in [1.807, 2.05) is 83.1 Å². The van der Waals surface area contributed by atoms with Crippen LogP contribution in [0.1, 0.15) is 102 Å². The molecular formula is C30H54O6Y. The summed E-state index contributed by atoms with van der Waals surface area (Å²) < 4.78 is 0. The maximum Gasteiger partial charge on any atom is 0.161 e. The average molecular weight is 600 g/mol. The first-order valence-corrected chi connectivity index (χ1v) is 13.1. The molecule has 0 spiro atoms. The van der Waals surface area contributed by atoms with Crippen molar-refractivity contribution in [1.29, 1.82) is 0 Å². The minimum Gasteiger partial charge on any atom is -0.512 e. The topological polar surface area (TPSA) is 112 Å². The van der Waals surface area contributed by atoms with Gasteiger partial charge >= 0.3 is 0 Å². The molecule has 0 aliphatic heterocycles. The van der Waals surface area contributed by atoms with Gasteiger partial charge in [0.15, 0.2) is 17.3 Å². The van der Waals surface area contributed by atoms with Gasteiger partial charge in [-0.05, 0) is 17.8 Å². The third-order valence-corrected chi connectivity index (χ3v) is 4.49. The van der Waals surface area contributed by atoms with Crippen LogP contribution < -0.4 is 0 Å². The Morgan fingerprint density at radius 3 is 0.730 bits per heavy atom. The summed E-state index contributed by atoms with van der Waals surface area (Å²) in [5.41, 5.74) is 0. The Kier molecular flexibility index (Phi) is 27.6. The molecule has 0 saturated carbocycles. The molecule has 0 saturated heterocycles. The standard InChI is InChI=1S/3C10H18O2.Y/c3*1-7(2)5-9(11)6-10(12)8(3)4;/h3*6-8,11H,5H2,1-4H3;/b3*9-6-;. The molecule has 3 N–H and O–H groups in total. The quantitative estimate of drug-likeness (QED) is 0.154. The summed E-state index contributed by atoms with van der Waals surface area (Å²) in [5, 5.41) is 27.8. The van der Waals surface area contributed by atoms with E-state index in [0.29, 0.717) is 37.0 Å². The molecule has 0 fully saturated rings. The normalized spacial score (nSPS) is 12.3. The van der Waals surface area contributed by atoms with E-state index < -0.39 is 0 Å². The number of allylic oxidation sites excluding steroid dienone is 6. The van der Waals surface area contributed by atoms with Gasteiger partial charge in [-0.2, -0.15) is 0 Å². The minimum absolute atomic E-state index is 0. The van der Waals surface area contributed by atoms with Crippen LogP contribution in [0.2, 0.25) is 0 Å². The van der Waals surface area contributed by atoms with Crippen molar-refractivity contribution in [3.63, 3.8) is 0 Å². The van der Waals surface area contributed by atoms with Crippen LogP contribution in [-0.2, 0) is 47.1 Å². The van der Waals surface area contributed by atoms with E-state index in [9.17, 15) is 29.7 Å². The van der Waals surface area contributed by atoms with Crippen LogP contribution >= 0.6 is 0 Å². The van der Waals surface area contributed by atoms with E-state index in [0.717, 1.165) is 0 Å². The second kappa shape index (κ2) is 23.8. The first kappa shape index (κ1) is 42.8. The maximum absolute atomic E-state index is 11.1. The first-order chi connectivity index (χ1) is 16.3. The van der Waals surface area contributed by atoms with Gasteiger partial charge in [0, 0.05) is 88.0 Å². The molecule has 7 heteroatoms. The van der Waals surface area contributed by atoms with Crippen molar-refractivity contribution >= 4 is 17.3 Å². The van der Waals surface area contributed by atoms with E-state index in [-0.39, 0.29) is 85.1 Å². The van der Waals surface area contributed by atoms with Crippen LogP contribution in [0.3, 0.4) is 0 Å². The second-order valence-electron chi connectivity index (χ2n) is 11.4. The molecule has 0 bridgehead atoms. The smallest absolute Gasteiger partial charge is 0.161 e. The van der Waals surface area contributed by atoms with Gasteiger partial charge in [0.1, 0.15) is 0 Å². The SMILES string of the molecule is CC(C)C/C(O)=C/C(=O)C(C)C.CC(C)C/C(O)=C/C(=O)C(C)C.CC(C)C/C(O)=C/C(=O)C(C)C.[Y]. The Morgan fingerprint density at radius 1 is 0.459 bits per heavy atom. The van der Waals surface area contributed by atoms with E-state index in [2.05, 4.69) is 0 Å². The van der Waals surface area contributed by atoms with Crippen molar-refractivity contribution in [2.45, 2.75) is 102 Å². The summed E-state index contributed by atoms with van der Waals surface area (Å²) in [6, 6.07) is 0. The number of rotatable bonds is 12. The molecule has 0 aromatic rings. The van der Waals surface area contributed by atoms with Crippen LogP contribution in [-0.4, -0.2) is 32.7 Å². The van der Waals surface area contributed by atoms with Gasteiger partial charge in [-0.15, -0.1) is 0 Å². The summed E-state index contributed by atoms with van der Waals surface area (Å²) >= 11 is 0. The monoisotopic (exact) mass is 599 g/mol. The molecule has 0 aliphatic carbocycles. The minimum atomic E-state index is -0.0284. The van der Waals surface area contributed by atoms with Crippen LogP contribution in [0.4, 0.5) is 0 Å². The number of hydrogen-bond donors (Lipinski definition) is 3. The van der Waals surface area contributed by atoms with E-state index in [1.165, 1.54) is 18.2 Å². The maximum atomic E-state index is 11.1. The Morgan fingerprint density at radius 2 is 0.622 bits per heavy atom. The fraction of sp³-hybridized carbons (Fsp3) is 0.700. The molecule has 1 radical (unpaired) electrons. The number of ketones is 3. The fourth-order valence-electron chi connectivity index (χ4n) is 2.42. The van der Waals surface area contributed by atoms with Gasteiger partial charge in [0.25, 0.3) is 0 Å². The van der Waals surface area contributed by atoms with Gasteiger partial charge in [-0.25, -0.2) is 0 Å². The molecule has 0 unspecified atom stereocenters. The third-order valence-electron chi connectivity index (χ3n) is 4.49. The Hall–Kier alpha value is -1.27. The van der Waals surface area contributed by atoms with Crippen molar-refractivity contribution in [2.75, 3.05) is 0 Å². The van der Waals surface area contributed by atoms with E-state index >= 15 is 0 Å². The summed E-state index contributed by atoms with van der Waals surface area (Å²) in [6.07, 6.45) is 5.76. The number of hydrogen-bond acceptors (Lipinski definition) is 6. The van der Waals surface area contributed by atoms with Gasteiger partial charge in [0.05, 0.1) is 17.3 Å². The van der Waals surface area contributed by atoms with Crippen molar-refractivity contribution in [3.8, 4) is 0 Å². The van der Waals surface area contributed by atoms with Crippen LogP contribution in [0.5, 0.6) is 0 Å². The third kappa shape index (κ3) is 30.8. The predicted molar refractivity (Wildman–Crippen MR) is 150 cm³/mol.